The van der Waals surface area contributed by atoms with Gasteiger partial charge in [-0.1, -0.05) is 90.9 Å². The Balaban J connectivity index is 3.56. The van der Waals surface area contributed by atoms with E-state index in [0.717, 1.165) is 10.5 Å². The van der Waals surface area contributed by atoms with Crippen molar-refractivity contribution in [2.75, 3.05) is 0 Å². The van der Waals surface area contributed by atoms with Crippen LogP contribution in [0.2, 0.25) is 12.1 Å². The van der Waals surface area contributed by atoms with E-state index in [1.807, 2.05) is 0 Å². The van der Waals surface area contributed by atoms with Gasteiger partial charge in [0, 0.05) is 0 Å². The molecule has 0 saturated heterocycles. The number of hydrogen-bond donors (Lipinski definition) is 0. The first-order chi connectivity index (χ1) is 10.3. The van der Waals surface area contributed by atoms with Gasteiger partial charge < -0.3 is 8.23 Å². The Morgan fingerprint density at radius 1 is 0.714 bits per heavy atom. The topological polar surface area (TPSA) is 18.5 Å². The SMILES string of the molecule is CCCCCCCC[SiH](CCCCCCCC)O[SiH2]O[SiH3]. The van der Waals surface area contributed by atoms with Crippen LogP contribution in [0.15, 0.2) is 0 Å². The summed E-state index contributed by atoms with van der Waals surface area (Å²) in [5.74, 6) is 0. The van der Waals surface area contributed by atoms with E-state index in [2.05, 4.69) is 13.8 Å². The molecular weight excluding hydrogens is 308 g/mol. The average Bonchev–Trinajstić information content (AvgIpc) is 2.50. The first kappa shape index (κ1) is 21.6. The van der Waals surface area contributed by atoms with Crippen LogP contribution in [0.5, 0.6) is 0 Å². The molecule has 0 aliphatic rings. The maximum absolute atomic E-state index is 6.14. The zero-order chi connectivity index (χ0) is 15.6. The minimum absolute atomic E-state index is 0.597. The van der Waals surface area contributed by atoms with Crippen LogP contribution in [0.1, 0.15) is 90.9 Å². The maximum Gasteiger partial charge on any atom is 0.283 e. The van der Waals surface area contributed by atoms with Gasteiger partial charge >= 0.3 is 0 Å². The number of unbranched alkanes of at least 4 members (excludes halogenated alkanes) is 10. The van der Waals surface area contributed by atoms with Gasteiger partial charge in [-0.3, -0.25) is 0 Å². The Morgan fingerprint density at radius 3 is 1.57 bits per heavy atom. The van der Waals surface area contributed by atoms with Gasteiger partial charge in [0.15, 0.2) is 9.04 Å². The van der Waals surface area contributed by atoms with Crippen molar-refractivity contribution in [1.29, 1.82) is 0 Å². The van der Waals surface area contributed by atoms with E-state index in [4.69, 9.17) is 8.23 Å². The van der Waals surface area contributed by atoms with E-state index in [1.54, 1.807) is 0 Å². The molecule has 0 N–H and O–H groups in total. The third-order valence-corrected chi connectivity index (χ3v) is 9.66. The first-order valence-corrected chi connectivity index (χ1v) is 13.5. The molecule has 0 aromatic heterocycles. The van der Waals surface area contributed by atoms with Gasteiger partial charge in [-0.15, -0.1) is 0 Å². The fourth-order valence-electron chi connectivity index (χ4n) is 2.78. The van der Waals surface area contributed by atoms with E-state index >= 15 is 0 Å². The summed E-state index contributed by atoms with van der Waals surface area (Å²) in [5.41, 5.74) is 0. The van der Waals surface area contributed by atoms with Crippen molar-refractivity contribution in [1.82, 2.24) is 0 Å². The summed E-state index contributed by atoms with van der Waals surface area (Å²) in [6.07, 6.45) is 16.9. The van der Waals surface area contributed by atoms with Crippen LogP contribution in [0, 0.1) is 0 Å². The van der Waals surface area contributed by atoms with Crippen LogP contribution in [-0.2, 0) is 8.23 Å². The molecule has 0 aromatic carbocycles. The van der Waals surface area contributed by atoms with Crippen LogP contribution in [0.25, 0.3) is 0 Å². The Morgan fingerprint density at radius 2 is 1.14 bits per heavy atom. The zero-order valence-corrected chi connectivity index (χ0v) is 19.6. The van der Waals surface area contributed by atoms with Crippen LogP contribution in [0.3, 0.4) is 0 Å². The predicted molar refractivity (Wildman–Crippen MR) is 104 cm³/mol. The highest BCUT2D eigenvalue weighted by atomic mass is 28.4. The smallest absolute Gasteiger partial charge is 0.283 e. The van der Waals surface area contributed by atoms with Gasteiger partial charge in [0.1, 0.15) is 10.5 Å². The van der Waals surface area contributed by atoms with E-state index in [9.17, 15) is 0 Å². The molecule has 0 saturated carbocycles. The molecule has 0 spiro atoms. The second kappa shape index (κ2) is 18.6. The standard InChI is InChI=1S/C16H40O2Si3/c1-3-5-7-9-11-13-15-21(18-20-17-19)16-14-12-10-8-6-4-2/h21H,3-16,20H2,1-2,19H3. The van der Waals surface area contributed by atoms with Crippen LogP contribution < -0.4 is 0 Å². The second-order valence-corrected chi connectivity index (χ2v) is 12.6. The largest absolute Gasteiger partial charge is 0.449 e. The van der Waals surface area contributed by atoms with Crippen molar-refractivity contribution in [2.24, 2.45) is 0 Å². The van der Waals surface area contributed by atoms with Crippen molar-refractivity contribution >= 4 is 29.5 Å². The van der Waals surface area contributed by atoms with Gasteiger partial charge in [-0.25, -0.2) is 0 Å². The van der Waals surface area contributed by atoms with Crippen molar-refractivity contribution < 1.29 is 8.23 Å². The molecule has 0 aliphatic heterocycles. The molecule has 0 fully saturated rings. The van der Waals surface area contributed by atoms with Crippen molar-refractivity contribution in [3.05, 3.63) is 0 Å². The minimum Gasteiger partial charge on any atom is -0.449 e. The Bertz CT molecular complexity index is 178. The van der Waals surface area contributed by atoms with Gasteiger partial charge in [0.25, 0.3) is 10.0 Å². The fraction of sp³-hybridized carbons (Fsp3) is 1.00. The molecule has 2 nitrogen and oxygen atoms in total. The highest BCUT2D eigenvalue weighted by Crippen LogP contribution is 2.15. The van der Waals surface area contributed by atoms with Gasteiger partial charge in [0.2, 0.25) is 0 Å². The minimum atomic E-state index is -0.910. The quantitative estimate of drug-likeness (QED) is 0.294. The number of rotatable bonds is 17. The van der Waals surface area contributed by atoms with Gasteiger partial charge in [0.05, 0.1) is 0 Å². The van der Waals surface area contributed by atoms with Crippen molar-refractivity contribution in [2.45, 2.75) is 103 Å². The normalized spacial score (nSPS) is 12.1. The lowest BCUT2D eigenvalue weighted by Gasteiger charge is -2.16. The molecule has 0 aromatic rings. The molecule has 0 bridgehead atoms. The molecule has 0 aliphatic carbocycles. The third kappa shape index (κ3) is 16.8. The third-order valence-electron chi connectivity index (χ3n) is 4.18. The summed E-state index contributed by atoms with van der Waals surface area (Å²) in [6.45, 7) is 4.58. The molecule has 5 heteroatoms. The van der Waals surface area contributed by atoms with Crippen LogP contribution in [-0.4, -0.2) is 29.5 Å². The number of hydrogen-bond acceptors (Lipinski definition) is 2. The monoisotopic (exact) mass is 348 g/mol. The van der Waals surface area contributed by atoms with E-state index in [-0.39, 0.29) is 0 Å². The van der Waals surface area contributed by atoms with Crippen molar-refractivity contribution in [3.8, 4) is 0 Å². The molecule has 0 rings (SSSR count). The van der Waals surface area contributed by atoms with Crippen LogP contribution >= 0.6 is 0 Å². The summed E-state index contributed by atoms with van der Waals surface area (Å²) in [6, 6.07) is 2.80. The lowest BCUT2D eigenvalue weighted by molar-refractivity contribution is 0.479. The summed E-state index contributed by atoms with van der Waals surface area (Å²) < 4.78 is 11.5. The molecule has 21 heavy (non-hydrogen) atoms. The zero-order valence-electron chi connectivity index (χ0n) is 15.0. The molecule has 0 radical (unpaired) electrons. The Kier molecular flexibility index (Phi) is 19.1. The molecule has 128 valence electrons. The Labute approximate surface area is 141 Å². The molecular formula is C16H40O2Si3. The lowest BCUT2D eigenvalue weighted by Crippen LogP contribution is -2.21. The summed E-state index contributed by atoms with van der Waals surface area (Å²) in [5, 5.41) is 0. The van der Waals surface area contributed by atoms with E-state index in [1.165, 1.54) is 89.1 Å². The first-order valence-electron chi connectivity index (χ1n) is 9.45. The Hall–Kier alpha value is 0.571. The molecule has 0 unspecified atom stereocenters. The molecule has 0 heterocycles. The summed E-state index contributed by atoms with van der Waals surface area (Å²) >= 11 is 0. The predicted octanol–water partition coefficient (Wildman–Crippen LogP) is 3.74. The summed E-state index contributed by atoms with van der Waals surface area (Å²) in [7, 11) is -0.641. The molecule has 0 amide bonds. The second-order valence-electron chi connectivity index (χ2n) is 6.31. The molecule has 0 atom stereocenters. The van der Waals surface area contributed by atoms with E-state index < -0.39 is 19.0 Å². The maximum atomic E-state index is 6.14. The average molecular weight is 349 g/mol. The van der Waals surface area contributed by atoms with Crippen molar-refractivity contribution in [3.63, 3.8) is 0 Å². The summed E-state index contributed by atoms with van der Waals surface area (Å²) in [4.78, 5) is 0. The van der Waals surface area contributed by atoms with Gasteiger partial charge in [-0.2, -0.15) is 0 Å². The van der Waals surface area contributed by atoms with Gasteiger partial charge in [-0.05, 0) is 12.1 Å². The van der Waals surface area contributed by atoms with Crippen LogP contribution in [0.4, 0.5) is 0 Å². The van der Waals surface area contributed by atoms with E-state index in [0.29, 0.717) is 0 Å². The highest BCUT2D eigenvalue weighted by Gasteiger charge is 2.11. The lowest BCUT2D eigenvalue weighted by atomic mass is 10.1. The fourth-order valence-corrected chi connectivity index (χ4v) is 8.43. The highest BCUT2D eigenvalue weighted by molar-refractivity contribution is 6.57.